The fraction of sp³-hybridized carbons (Fsp3) is 0.622. The summed E-state index contributed by atoms with van der Waals surface area (Å²) < 4.78 is 87.0. The first-order chi connectivity index (χ1) is 26.4. The first-order valence-corrected chi connectivity index (χ1v) is 20.3. The lowest BCUT2D eigenvalue weighted by Gasteiger charge is -2.30. The number of alkyl carbamates (subject to hydrolysis) is 1. The van der Waals surface area contributed by atoms with Crippen LogP contribution in [0.5, 0.6) is 11.6 Å². The van der Waals surface area contributed by atoms with Gasteiger partial charge in [-0.1, -0.05) is 25.0 Å². The molecule has 7 rings (SSSR count). The molecule has 5 atom stereocenters. The fourth-order valence-electron chi connectivity index (χ4n) is 7.19. The number of benzene rings is 1. The van der Waals surface area contributed by atoms with E-state index in [4.69, 9.17) is 14.2 Å². The van der Waals surface area contributed by atoms with Crippen molar-refractivity contribution in [1.82, 2.24) is 30.2 Å². The molecule has 3 N–H and O–H groups in total. The topological polar surface area (TPSA) is 195 Å². The Kier molecular flexibility index (Phi) is 10.1. The largest absolute Gasteiger partial charge is 0.497 e. The fourth-order valence-corrected chi connectivity index (χ4v) is 8.50. The van der Waals surface area contributed by atoms with Gasteiger partial charge in [-0.05, 0) is 77.3 Å². The number of sulfonamides is 1. The Morgan fingerprint density at radius 3 is 2.46 bits per heavy atom. The Bertz CT molecular complexity index is 2070. The number of amides is 4. The number of hydrogen-bond acceptors (Lipinski definition) is 11. The number of halogens is 3. The second-order valence-corrected chi connectivity index (χ2v) is 18.2. The van der Waals surface area contributed by atoms with Crippen molar-refractivity contribution in [2.75, 3.05) is 13.7 Å². The number of carbonyl (C=O) groups excluding carboxylic acids is 4. The van der Waals surface area contributed by atoms with Crippen LogP contribution in [0.4, 0.5) is 18.0 Å². The number of ether oxygens (including phenoxy) is 3. The maximum absolute atomic E-state index is 14.4. The van der Waals surface area contributed by atoms with Gasteiger partial charge in [0.05, 0.1) is 29.4 Å². The number of carbonyl (C=O) groups is 4. The van der Waals surface area contributed by atoms with E-state index in [2.05, 4.69) is 25.3 Å². The number of allylic oxidation sites excluding steroid dienone is 1. The predicted molar refractivity (Wildman–Crippen MR) is 193 cm³/mol. The van der Waals surface area contributed by atoms with Crippen LogP contribution in [0, 0.1) is 5.92 Å². The molecule has 3 aliphatic carbocycles. The summed E-state index contributed by atoms with van der Waals surface area (Å²) in [5, 5.41) is 5.37. The maximum Gasteiger partial charge on any atom is 0.438 e. The Morgan fingerprint density at radius 1 is 1.04 bits per heavy atom. The van der Waals surface area contributed by atoms with E-state index in [1.807, 2.05) is 6.08 Å². The maximum atomic E-state index is 14.4. The van der Waals surface area contributed by atoms with E-state index >= 15 is 0 Å². The molecule has 0 radical (unpaired) electrons. The van der Waals surface area contributed by atoms with E-state index < -0.39 is 98.1 Å². The van der Waals surface area contributed by atoms with Crippen LogP contribution >= 0.6 is 0 Å². The Morgan fingerprint density at radius 2 is 1.79 bits per heavy atom. The minimum absolute atomic E-state index is 0.0388. The summed E-state index contributed by atoms with van der Waals surface area (Å²) in [6, 6.07) is 1.56. The molecule has 2 aliphatic heterocycles. The molecule has 2 aromatic rings. The van der Waals surface area contributed by atoms with Gasteiger partial charge in [-0.15, -0.1) is 0 Å². The van der Waals surface area contributed by atoms with Gasteiger partial charge in [0.2, 0.25) is 33.4 Å². The van der Waals surface area contributed by atoms with E-state index in [1.54, 1.807) is 13.0 Å². The van der Waals surface area contributed by atoms with Crippen LogP contribution in [0.15, 0.2) is 30.4 Å². The van der Waals surface area contributed by atoms with Gasteiger partial charge in [0.25, 0.3) is 5.91 Å². The van der Waals surface area contributed by atoms with Crippen LogP contribution in [-0.4, -0.2) is 94.8 Å². The second kappa shape index (κ2) is 14.4. The molecule has 56 heavy (non-hydrogen) atoms. The number of nitrogens with zero attached hydrogens (tertiary/aromatic N) is 3. The lowest BCUT2D eigenvalue weighted by atomic mass is 10.0. The molecule has 0 bridgehead atoms. The zero-order valence-electron chi connectivity index (χ0n) is 31.2. The number of fused-ring (bicyclic) bond motifs is 3. The van der Waals surface area contributed by atoms with E-state index in [1.165, 1.54) is 32.2 Å². The van der Waals surface area contributed by atoms with Crippen molar-refractivity contribution in [1.29, 1.82) is 0 Å². The summed E-state index contributed by atoms with van der Waals surface area (Å²) in [6.07, 6.45) is 1.01. The highest BCUT2D eigenvalue weighted by Gasteiger charge is 2.63. The molecule has 1 saturated heterocycles. The lowest BCUT2D eigenvalue weighted by Crippen LogP contribution is -2.58. The van der Waals surface area contributed by atoms with Gasteiger partial charge in [0.1, 0.15) is 35.1 Å². The number of alkyl halides is 3. The highest BCUT2D eigenvalue weighted by atomic mass is 32.2. The van der Waals surface area contributed by atoms with Gasteiger partial charge in [-0.3, -0.25) is 19.1 Å². The Balaban J connectivity index is 1.21. The predicted octanol–water partition coefficient (Wildman–Crippen LogP) is 4.05. The molecule has 4 fully saturated rings. The summed E-state index contributed by atoms with van der Waals surface area (Å²) in [4.78, 5) is 64.6. The van der Waals surface area contributed by atoms with Crippen LogP contribution in [0.25, 0.3) is 11.0 Å². The smallest absolute Gasteiger partial charge is 0.438 e. The van der Waals surface area contributed by atoms with Crippen LogP contribution in [0.2, 0.25) is 0 Å². The molecule has 3 heterocycles. The summed E-state index contributed by atoms with van der Waals surface area (Å²) >= 11 is 0. The van der Waals surface area contributed by atoms with Crippen molar-refractivity contribution >= 4 is 44.9 Å². The zero-order chi connectivity index (χ0) is 40.3. The van der Waals surface area contributed by atoms with Crippen LogP contribution in [0.1, 0.15) is 90.2 Å². The Hall–Kier alpha value is -4.68. The third-order valence-electron chi connectivity index (χ3n) is 11.4. The van der Waals surface area contributed by atoms with E-state index in [0.29, 0.717) is 57.1 Å². The molecule has 5 aliphatic rings. The zero-order valence-corrected chi connectivity index (χ0v) is 32.1. The van der Waals surface area contributed by atoms with Gasteiger partial charge in [-0.2, -0.15) is 13.2 Å². The molecule has 0 spiro atoms. The van der Waals surface area contributed by atoms with Gasteiger partial charge in [-0.25, -0.2) is 23.2 Å². The van der Waals surface area contributed by atoms with E-state index in [0.717, 1.165) is 4.90 Å². The molecular weight excluding hydrogens is 762 g/mol. The van der Waals surface area contributed by atoms with Gasteiger partial charge in [0, 0.05) is 18.4 Å². The van der Waals surface area contributed by atoms with E-state index in [9.17, 15) is 40.8 Å². The Labute approximate surface area is 321 Å². The lowest BCUT2D eigenvalue weighted by molar-refractivity contribution is -0.143. The normalized spacial score (nSPS) is 29.0. The van der Waals surface area contributed by atoms with Crippen molar-refractivity contribution in [2.24, 2.45) is 5.92 Å². The highest BCUT2D eigenvalue weighted by Crippen LogP contribution is 2.48. The molecular formula is C37H45F3N6O9S. The second-order valence-electron chi connectivity index (χ2n) is 16.0. The first kappa shape index (κ1) is 39.6. The number of rotatable bonds is 8. The van der Waals surface area contributed by atoms with E-state index in [-0.39, 0.29) is 30.3 Å². The van der Waals surface area contributed by atoms with Crippen molar-refractivity contribution in [3.05, 3.63) is 36.0 Å². The van der Waals surface area contributed by atoms with Crippen LogP contribution in [-0.2, 0) is 35.3 Å². The molecule has 304 valence electrons. The minimum atomic E-state index is -4.99. The number of methoxy groups -OCH3 is 1. The number of aromatic nitrogens is 2. The minimum Gasteiger partial charge on any atom is -0.497 e. The molecule has 4 amide bonds. The van der Waals surface area contributed by atoms with Crippen LogP contribution < -0.4 is 24.8 Å². The van der Waals surface area contributed by atoms with Gasteiger partial charge >= 0.3 is 12.3 Å². The molecule has 15 nitrogen and oxygen atoms in total. The van der Waals surface area contributed by atoms with Crippen molar-refractivity contribution in [3.8, 4) is 11.6 Å². The van der Waals surface area contributed by atoms with Crippen molar-refractivity contribution in [3.63, 3.8) is 0 Å². The summed E-state index contributed by atoms with van der Waals surface area (Å²) in [6.45, 7) is 2.88. The van der Waals surface area contributed by atoms with Crippen LogP contribution in [0.3, 0.4) is 0 Å². The average Bonchev–Trinajstić information content (AvgIpc) is 4.09. The quantitative estimate of drug-likeness (QED) is 0.326. The van der Waals surface area contributed by atoms with Gasteiger partial charge < -0.3 is 29.7 Å². The van der Waals surface area contributed by atoms with Gasteiger partial charge in [0.15, 0.2) is 0 Å². The molecule has 3 saturated carbocycles. The third-order valence-corrected chi connectivity index (χ3v) is 13.6. The number of hydrogen-bond donors (Lipinski definition) is 3. The molecule has 1 aromatic heterocycles. The monoisotopic (exact) mass is 806 g/mol. The standard InChI is InChI=1S/C37H45F3N6O9S/c1-34(13-14-34)55-33(50)43-25-10-8-6-4-5-7-9-21-19-36(21,32(49)45-56(51,52)35(2)15-16-35)44-29(47)27-18-23(20-46(27)31(25)48)54-30-28(37(38,39)40)41-24-12-11-22(53-3)17-26(24)42-30/h7,9,11-12,17,21,23,25,27H,4-6,8,10,13-16,18-20H2,1-3H3,(H,43,50)(H,44,47)(H,45,49)/b9-7-/t21-,23-,25+,27+,36-/m1/s1. The molecule has 19 heteroatoms. The summed E-state index contributed by atoms with van der Waals surface area (Å²) in [7, 11) is -2.71. The first-order valence-electron chi connectivity index (χ1n) is 18.8. The van der Waals surface area contributed by atoms with Crippen molar-refractivity contribution in [2.45, 2.75) is 125 Å². The molecule has 1 aromatic carbocycles. The number of nitrogens with one attached hydrogen (secondary N) is 3. The SMILES string of the molecule is COc1ccc2nc(C(F)(F)F)c(O[C@@H]3C[C@H]4C(=O)N[C@]5(C(=O)NS(=O)(=O)C6(C)CC6)C[C@H]5/C=C\CCCCC[C@H](NC(=O)OC5(C)CC5)C(=O)N4C3)nc2c1. The molecule has 0 unspecified atom stereocenters. The third kappa shape index (κ3) is 8.09. The van der Waals surface area contributed by atoms with Crippen molar-refractivity contribution < 1.29 is 55.0 Å². The average molecular weight is 807 g/mol. The highest BCUT2D eigenvalue weighted by molar-refractivity contribution is 7.91. The summed E-state index contributed by atoms with van der Waals surface area (Å²) in [5.74, 6) is -3.61. The summed E-state index contributed by atoms with van der Waals surface area (Å²) in [5.41, 5.74) is -3.78.